The fourth-order valence-corrected chi connectivity index (χ4v) is 2.24. The fraction of sp³-hybridized carbons (Fsp3) is 0.429. The molecule has 0 aromatic heterocycles. The van der Waals surface area contributed by atoms with Crippen molar-refractivity contribution in [2.24, 2.45) is 5.41 Å². The Morgan fingerprint density at radius 3 is 2.63 bits per heavy atom. The SMILES string of the molecule is Cc1cccc(C(=O)NCC2(C(=O)O)CCC2)c1F. The van der Waals surface area contributed by atoms with Gasteiger partial charge < -0.3 is 10.4 Å². The summed E-state index contributed by atoms with van der Waals surface area (Å²) >= 11 is 0. The molecule has 0 radical (unpaired) electrons. The number of benzene rings is 1. The van der Waals surface area contributed by atoms with Gasteiger partial charge in [0.1, 0.15) is 5.82 Å². The molecule has 19 heavy (non-hydrogen) atoms. The lowest BCUT2D eigenvalue weighted by Gasteiger charge is -2.37. The molecule has 2 rings (SSSR count). The quantitative estimate of drug-likeness (QED) is 0.876. The Bertz CT molecular complexity index is 523. The highest BCUT2D eigenvalue weighted by Gasteiger charge is 2.44. The minimum Gasteiger partial charge on any atom is -0.481 e. The van der Waals surface area contributed by atoms with Gasteiger partial charge in [-0.25, -0.2) is 4.39 Å². The van der Waals surface area contributed by atoms with Crippen molar-refractivity contribution >= 4 is 11.9 Å². The van der Waals surface area contributed by atoms with Crippen LogP contribution in [-0.4, -0.2) is 23.5 Å². The van der Waals surface area contributed by atoms with Crippen LogP contribution in [-0.2, 0) is 4.79 Å². The summed E-state index contributed by atoms with van der Waals surface area (Å²) in [5.74, 6) is -2.02. The number of halogens is 1. The Hall–Kier alpha value is -1.91. The number of carboxylic acids is 1. The summed E-state index contributed by atoms with van der Waals surface area (Å²) in [5, 5.41) is 11.7. The summed E-state index contributed by atoms with van der Waals surface area (Å²) in [5.41, 5.74) is -0.514. The molecule has 102 valence electrons. The molecule has 0 heterocycles. The summed E-state index contributed by atoms with van der Waals surface area (Å²) in [7, 11) is 0. The average Bonchev–Trinajstić information content (AvgIpc) is 2.30. The average molecular weight is 265 g/mol. The molecule has 1 aliphatic rings. The monoisotopic (exact) mass is 265 g/mol. The van der Waals surface area contributed by atoms with Crippen molar-refractivity contribution in [3.63, 3.8) is 0 Å². The molecule has 1 aromatic rings. The number of amides is 1. The van der Waals surface area contributed by atoms with Crippen molar-refractivity contribution in [1.29, 1.82) is 0 Å². The summed E-state index contributed by atoms with van der Waals surface area (Å²) in [4.78, 5) is 23.0. The summed E-state index contributed by atoms with van der Waals surface area (Å²) < 4.78 is 13.7. The largest absolute Gasteiger partial charge is 0.481 e. The Morgan fingerprint density at radius 1 is 1.42 bits per heavy atom. The lowest BCUT2D eigenvalue weighted by molar-refractivity contribution is -0.153. The predicted octanol–water partition coefficient (Wildman–Crippen LogP) is 2.12. The molecule has 0 bridgehead atoms. The van der Waals surface area contributed by atoms with Crippen molar-refractivity contribution in [1.82, 2.24) is 5.32 Å². The minimum atomic E-state index is -0.899. The Balaban J connectivity index is 2.06. The van der Waals surface area contributed by atoms with Gasteiger partial charge in [0.25, 0.3) is 5.91 Å². The number of nitrogens with one attached hydrogen (secondary N) is 1. The van der Waals surface area contributed by atoms with Gasteiger partial charge in [-0.1, -0.05) is 18.6 Å². The van der Waals surface area contributed by atoms with Crippen molar-refractivity contribution in [2.75, 3.05) is 6.54 Å². The molecule has 1 aliphatic carbocycles. The third-order valence-electron chi connectivity index (χ3n) is 3.79. The van der Waals surface area contributed by atoms with E-state index in [4.69, 9.17) is 5.11 Å². The van der Waals surface area contributed by atoms with Crippen molar-refractivity contribution < 1.29 is 19.1 Å². The maximum atomic E-state index is 13.7. The molecule has 0 saturated heterocycles. The molecule has 0 spiro atoms. The molecular weight excluding hydrogens is 249 g/mol. The van der Waals surface area contributed by atoms with E-state index in [0.29, 0.717) is 18.4 Å². The predicted molar refractivity (Wildman–Crippen MR) is 67.4 cm³/mol. The number of rotatable bonds is 4. The number of aryl methyl sites for hydroxylation is 1. The van der Waals surface area contributed by atoms with Crippen molar-refractivity contribution in [2.45, 2.75) is 26.2 Å². The second-order valence-electron chi connectivity index (χ2n) is 5.06. The van der Waals surface area contributed by atoms with Crippen LogP contribution in [0.3, 0.4) is 0 Å². The highest BCUT2D eigenvalue weighted by Crippen LogP contribution is 2.40. The van der Waals surface area contributed by atoms with E-state index in [1.54, 1.807) is 19.1 Å². The smallest absolute Gasteiger partial charge is 0.311 e. The Kier molecular flexibility index (Phi) is 3.55. The first-order valence-corrected chi connectivity index (χ1v) is 6.23. The van der Waals surface area contributed by atoms with Crippen LogP contribution in [0.4, 0.5) is 4.39 Å². The molecule has 1 fully saturated rings. The summed E-state index contributed by atoms with van der Waals surface area (Å²) in [6.07, 6.45) is 1.96. The molecular formula is C14H16FNO3. The lowest BCUT2D eigenvalue weighted by Crippen LogP contribution is -2.47. The van der Waals surface area contributed by atoms with E-state index >= 15 is 0 Å². The molecule has 0 aliphatic heterocycles. The van der Waals surface area contributed by atoms with Crippen LogP contribution in [0.2, 0.25) is 0 Å². The molecule has 2 N–H and O–H groups in total. The highest BCUT2D eigenvalue weighted by molar-refractivity contribution is 5.95. The topological polar surface area (TPSA) is 66.4 Å². The molecule has 1 aromatic carbocycles. The zero-order valence-corrected chi connectivity index (χ0v) is 10.7. The first-order valence-electron chi connectivity index (χ1n) is 6.23. The van der Waals surface area contributed by atoms with Gasteiger partial charge in [-0.05, 0) is 31.4 Å². The minimum absolute atomic E-state index is 0.0418. The first-order chi connectivity index (χ1) is 8.96. The van der Waals surface area contributed by atoms with Gasteiger partial charge in [0.15, 0.2) is 0 Å². The van der Waals surface area contributed by atoms with E-state index in [-0.39, 0.29) is 12.1 Å². The molecule has 5 heteroatoms. The van der Waals surface area contributed by atoms with E-state index in [1.165, 1.54) is 6.07 Å². The van der Waals surface area contributed by atoms with Gasteiger partial charge in [0.05, 0.1) is 11.0 Å². The number of hydrogen-bond donors (Lipinski definition) is 2. The van der Waals surface area contributed by atoms with Crippen LogP contribution >= 0.6 is 0 Å². The Morgan fingerprint density at radius 2 is 2.11 bits per heavy atom. The van der Waals surface area contributed by atoms with Gasteiger partial charge in [-0.15, -0.1) is 0 Å². The van der Waals surface area contributed by atoms with Gasteiger partial charge in [0.2, 0.25) is 0 Å². The van der Waals surface area contributed by atoms with E-state index in [0.717, 1.165) is 6.42 Å². The van der Waals surface area contributed by atoms with E-state index in [9.17, 15) is 14.0 Å². The maximum absolute atomic E-state index is 13.7. The van der Waals surface area contributed by atoms with Gasteiger partial charge in [-0.3, -0.25) is 9.59 Å². The van der Waals surface area contributed by atoms with Crippen LogP contribution in [0.15, 0.2) is 18.2 Å². The zero-order valence-electron chi connectivity index (χ0n) is 10.7. The summed E-state index contributed by atoms with van der Waals surface area (Å²) in [6.45, 7) is 1.63. The first kappa shape index (κ1) is 13.5. The standard InChI is InChI=1S/C14H16FNO3/c1-9-4-2-5-10(11(9)15)12(17)16-8-14(13(18)19)6-3-7-14/h2,4-5H,3,6-8H2,1H3,(H,16,17)(H,18,19). The van der Waals surface area contributed by atoms with Crippen LogP contribution in [0.5, 0.6) is 0 Å². The molecule has 1 amide bonds. The molecule has 4 nitrogen and oxygen atoms in total. The lowest BCUT2D eigenvalue weighted by atomic mass is 9.69. The van der Waals surface area contributed by atoms with Crippen LogP contribution in [0, 0.1) is 18.2 Å². The second-order valence-corrected chi connectivity index (χ2v) is 5.06. The number of carboxylic acid groups (broad SMARTS) is 1. The van der Waals surface area contributed by atoms with Gasteiger partial charge >= 0.3 is 5.97 Å². The highest BCUT2D eigenvalue weighted by atomic mass is 19.1. The van der Waals surface area contributed by atoms with E-state index in [2.05, 4.69) is 5.32 Å². The van der Waals surface area contributed by atoms with Gasteiger partial charge in [0, 0.05) is 6.54 Å². The normalized spacial score (nSPS) is 16.5. The van der Waals surface area contributed by atoms with Crippen LogP contribution in [0.25, 0.3) is 0 Å². The van der Waals surface area contributed by atoms with E-state index in [1.807, 2.05) is 0 Å². The van der Waals surface area contributed by atoms with E-state index < -0.39 is 23.1 Å². The van der Waals surface area contributed by atoms with Crippen molar-refractivity contribution in [3.05, 3.63) is 35.1 Å². The molecule has 0 atom stereocenters. The van der Waals surface area contributed by atoms with Crippen LogP contribution < -0.4 is 5.32 Å². The number of carbonyl (C=O) groups excluding carboxylic acids is 1. The number of aliphatic carboxylic acids is 1. The number of carbonyl (C=O) groups is 2. The zero-order chi connectivity index (χ0) is 14.0. The molecule has 1 saturated carbocycles. The number of hydrogen-bond acceptors (Lipinski definition) is 2. The maximum Gasteiger partial charge on any atom is 0.311 e. The van der Waals surface area contributed by atoms with Gasteiger partial charge in [-0.2, -0.15) is 0 Å². The molecule has 0 unspecified atom stereocenters. The second kappa shape index (κ2) is 4.99. The Labute approximate surface area is 110 Å². The fourth-order valence-electron chi connectivity index (χ4n) is 2.24. The van der Waals surface area contributed by atoms with Crippen LogP contribution in [0.1, 0.15) is 35.2 Å². The third kappa shape index (κ3) is 2.45. The van der Waals surface area contributed by atoms with Crippen molar-refractivity contribution in [3.8, 4) is 0 Å². The third-order valence-corrected chi connectivity index (χ3v) is 3.79. The summed E-state index contributed by atoms with van der Waals surface area (Å²) in [6, 6.07) is 4.58.